The van der Waals surface area contributed by atoms with Gasteiger partial charge in [0.2, 0.25) is 0 Å². The van der Waals surface area contributed by atoms with Crippen molar-refractivity contribution in [2.45, 2.75) is 45.1 Å². The Morgan fingerprint density at radius 1 is 1.60 bits per heavy atom. The highest BCUT2D eigenvalue weighted by Crippen LogP contribution is 2.33. The van der Waals surface area contributed by atoms with Crippen molar-refractivity contribution in [2.75, 3.05) is 12.4 Å². The van der Waals surface area contributed by atoms with E-state index in [4.69, 9.17) is 23.2 Å². The average molecular weight is 250 g/mol. The fraction of sp³-hybridized carbons (Fsp3) is 0.833. The maximum absolute atomic E-state index is 6.11. The normalized spacial score (nSPS) is 33.1. The zero-order chi connectivity index (χ0) is 11.3. The van der Waals surface area contributed by atoms with Gasteiger partial charge in [-0.3, -0.25) is 0 Å². The molecule has 0 aromatic carbocycles. The number of rotatable bonds is 4. The lowest BCUT2D eigenvalue weighted by molar-refractivity contribution is 0.214. The summed E-state index contributed by atoms with van der Waals surface area (Å²) in [5, 5.41) is 3.58. The Bertz CT molecular complexity index is 228. The predicted octanol–water partition coefficient (Wildman–Crippen LogP) is 3.91. The van der Waals surface area contributed by atoms with Crippen LogP contribution in [0.25, 0.3) is 0 Å². The fourth-order valence-corrected chi connectivity index (χ4v) is 2.77. The van der Waals surface area contributed by atoms with Crippen LogP contribution in [0.5, 0.6) is 0 Å². The van der Waals surface area contributed by atoms with E-state index >= 15 is 0 Å². The second kappa shape index (κ2) is 6.12. The van der Waals surface area contributed by atoms with E-state index in [1.807, 2.05) is 6.92 Å². The molecule has 88 valence electrons. The van der Waals surface area contributed by atoms with Crippen LogP contribution in [0.1, 0.15) is 39.5 Å². The van der Waals surface area contributed by atoms with Crippen LogP contribution in [0.4, 0.5) is 0 Å². The highest BCUT2D eigenvalue weighted by molar-refractivity contribution is 6.25. The first-order chi connectivity index (χ1) is 7.12. The smallest absolute Gasteiger partial charge is 0.0406 e. The van der Waals surface area contributed by atoms with Gasteiger partial charge in [0.1, 0.15) is 0 Å². The van der Waals surface area contributed by atoms with Crippen LogP contribution >= 0.6 is 23.2 Å². The Morgan fingerprint density at radius 2 is 2.33 bits per heavy atom. The molecule has 0 aromatic rings. The number of hydrogen-bond donors (Lipinski definition) is 1. The molecule has 1 aliphatic rings. The first kappa shape index (κ1) is 13.3. The van der Waals surface area contributed by atoms with E-state index in [1.54, 1.807) is 5.54 Å². The molecule has 0 heterocycles. The maximum Gasteiger partial charge on any atom is 0.0406 e. The number of nitrogens with one attached hydrogen (secondary N) is 1. The molecule has 0 aromatic heterocycles. The van der Waals surface area contributed by atoms with Gasteiger partial charge in [0.15, 0.2) is 0 Å². The first-order valence-electron chi connectivity index (χ1n) is 5.69. The summed E-state index contributed by atoms with van der Waals surface area (Å²) in [6, 6.07) is 0. The van der Waals surface area contributed by atoms with Crippen LogP contribution in [0.2, 0.25) is 0 Å². The van der Waals surface area contributed by atoms with Crippen LogP contribution in [-0.4, -0.2) is 18.0 Å². The summed E-state index contributed by atoms with van der Waals surface area (Å²) in [6.07, 6.45) is 5.00. The van der Waals surface area contributed by atoms with Gasteiger partial charge in [-0.25, -0.2) is 0 Å². The van der Waals surface area contributed by atoms with Crippen molar-refractivity contribution < 1.29 is 0 Å². The predicted molar refractivity (Wildman–Crippen MR) is 68.7 cm³/mol. The van der Waals surface area contributed by atoms with Gasteiger partial charge in [-0.15, -0.1) is 11.6 Å². The Labute approximate surface area is 103 Å². The molecule has 1 rings (SSSR count). The Hall–Kier alpha value is 0.280. The molecule has 0 amide bonds. The van der Waals surface area contributed by atoms with Gasteiger partial charge in [-0.1, -0.05) is 31.4 Å². The SMILES string of the molecule is CC(=CCl)CNC1(CCl)CCCC(C)C1. The van der Waals surface area contributed by atoms with Gasteiger partial charge in [0.05, 0.1) is 0 Å². The van der Waals surface area contributed by atoms with Gasteiger partial charge < -0.3 is 5.32 Å². The van der Waals surface area contributed by atoms with Crippen molar-refractivity contribution in [3.05, 3.63) is 11.1 Å². The molecule has 15 heavy (non-hydrogen) atoms. The van der Waals surface area contributed by atoms with Crippen molar-refractivity contribution in [3.8, 4) is 0 Å². The summed E-state index contributed by atoms with van der Waals surface area (Å²) in [4.78, 5) is 0. The van der Waals surface area contributed by atoms with Crippen LogP contribution in [-0.2, 0) is 0 Å². The zero-order valence-corrected chi connectivity index (χ0v) is 11.2. The summed E-state index contributed by atoms with van der Waals surface area (Å²) in [6.45, 7) is 5.20. The molecule has 0 spiro atoms. The van der Waals surface area contributed by atoms with E-state index in [2.05, 4.69) is 12.2 Å². The van der Waals surface area contributed by atoms with Gasteiger partial charge in [0.25, 0.3) is 0 Å². The van der Waals surface area contributed by atoms with E-state index in [0.29, 0.717) is 5.88 Å². The van der Waals surface area contributed by atoms with Gasteiger partial charge in [-0.05, 0) is 31.3 Å². The molecule has 1 nitrogen and oxygen atoms in total. The second-order valence-electron chi connectivity index (χ2n) is 4.92. The Morgan fingerprint density at radius 3 is 2.87 bits per heavy atom. The van der Waals surface area contributed by atoms with E-state index in [-0.39, 0.29) is 5.54 Å². The van der Waals surface area contributed by atoms with Crippen LogP contribution in [0.15, 0.2) is 11.1 Å². The lowest BCUT2D eigenvalue weighted by atomic mass is 9.77. The minimum absolute atomic E-state index is 0.139. The molecular formula is C12H21Cl2N. The van der Waals surface area contributed by atoms with E-state index in [9.17, 15) is 0 Å². The van der Waals surface area contributed by atoms with E-state index in [0.717, 1.165) is 12.5 Å². The number of hydrogen-bond acceptors (Lipinski definition) is 1. The molecule has 3 heteroatoms. The standard InChI is InChI=1S/C12H21Cl2N/c1-10-4-3-5-12(6-10,9-14)15-8-11(2)7-13/h7,10,15H,3-6,8-9H2,1-2H3. The molecule has 2 unspecified atom stereocenters. The zero-order valence-electron chi connectivity index (χ0n) is 9.65. The number of halogens is 2. The summed E-state index contributed by atoms with van der Waals surface area (Å²) >= 11 is 11.8. The van der Waals surface area contributed by atoms with Crippen molar-refractivity contribution in [1.29, 1.82) is 0 Å². The third kappa shape index (κ3) is 3.97. The van der Waals surface area contributed by atoms with Gasteiger partial charge in [-0.2, -0.15) is 0 Å². The lowest BCUT2D eigenvalue weighted by Gasteiger charge is -2.39. The van der Waals surface area contributed by atoms with Crippen molar-refractivity contribution in [3.63, 3.8) is 0 Å². The van der Waals surface area contributed by atoms with E-state index in [1.165, 1.54) is 31.3 Å². The number of alkyl halides is 1. The largest absolute Gasteiger partial charge is 0.306 e. The summed E-state index contributed by atoms with van der Waals surface area (Å²) in [7, 11) is 0. The molecule has 0 aliphatic heterocycles. The van der Waals surface area contributed by atoms with Crippen LogP contribution in [0, 0.1) is 5.92 Å². The van der Waals surface area contributed by atoms with Gasteiger partial charge >= 0.3 is 0 Å². The minimum Gasteiger partial charge on any atom is -0.306 e. The highest BCUT2D eigenvalue weighted by Gasteiger charge is 2.33. The minimum atomic E-state index is 0.139. The van der Waals surface area contributed by atoms with Gasteiger partial charge in [0, 0.05) is 23.5 Å². The first-order valence-corrected chi connectivity index (χ1v) is 6.66. The molecule has 1 fully saturated rings. The molecular weight excluding hydrogens is 229 g/mol. The topological polar surface area (TPSA) is 12.0 Å². The second-order valence-corrected chi connectivity index (χ2v) is 5.41. The Kier molecular flexibility index (Phi) is 5.45. The van der Waals surface area contributed by atoms with E-state index < -0.39 is 0 Å². The molecule has 0 saturated heterocycles. The van der Waals surface area contributed by atoms with Crippen LogP contribution in [0.3, 0.4) is 0 Å². The summed E-state index contributed by atoms with van der Waals surface area (Å²) in [5.41, 5.74) is 2.95. The molecule has 1 saturated carbocycles. The van der Waals surface area contributed by atoms with Crippen molar-refractivity contribution in [1.82, 2.24) is 5.32 Å². The monoisotopic (exact) mass is 249 g/mol. The summed E-state index contributed by atoms with van der Waals surface area (Å²) in [5.74, 6) is 1.48. The molecule has 1 aliphatic carbocycles. The average Bonchev–Trinajstić information content (AvgIpc) is 2.26. The molecule has 1 N–H and O–H groups in total. The van der Waals surface area contributed by atoms with Crippen molar-refractivity contribution in [2.24, 2.45) is 5.92 Å². The molecule has 2 atom stereocenters. The molecule has 0 bridgehead atoms. The fourth-order valence-electron chi connectivity index (χ4n) is 2.35. The lowest BCUT2D eigenvalue weighted by Crippen LogP contribution is -2.50. The maximum atomic E-state index is 6.11. The van der Waals surface area contributed by atoms with Crippen molar-refractivity contribution >= 4 is 23.2 Å². The third-order valence-electron chi connectivity index (χ3n) is 3.28. The van der Waals surface area contributed by atoms with Crippen LogP contribution < -0.4 is 5.32 Å². The third-order valence-corrected chi connectivity index (χ3v) is 4.16. The molecule has 0 radical (unpaired) electrons. The Balaban J connectivity index is 2.52. The summed E-state index contributed by atoms with van der Waals surface area (Å²) < 4.78 is 0. The quantitative estimate of drug-likeness (QED) is 0.746. The highest BCUT2D eigenvalue weighted by atomic mass is 35.5.